The molecule has 0 radical (unpaired) electrons. The van der Waals surface area contributed by atoms with Gasteiger partial charge in [0.05, 0.1) is 6.54 Å². The van der Waals surface area contributed by atoms with Gasteiger partial charge in [-0.3, -0.25) is 0 Å². The Morgan fingerprint density at radius 1 is 1.29 bits per heavy atom. The lowest BCUT2D eigenvalue weighted by Gasteiger charge is -2.62. The first-order chi connectivity index (χ1) is 6.86. The Morgan fingerprint density at radius 2 is 2.21 bits per heavy atom. The summed E-state index contributed by atoms with van der Waals surface area (Å²) >= 11 is 0. The van der Waals surface area contributed by atoms with Gasteiger partial charge >= 0.3 is 0 Å². The maximum Gasteiger partial charge on any atom is 0.0811 e. The molecule has 78 valence electrons. The van der Waals surface area contributed by atoms with Gasteiger partial charge in [0.2, 0.25) is 0 Å². The first-order valence-corrected chi connectivity index (χ1v) is 6.15. The Morgan fingerprint density at radius 3 is 2.93 bits per heavy atom. The summed E-state index contributed by atoms with van der Waals surface area (Å²) in [4.78, 5) is 9.92. The summed E-state index contributed by atoms with van der Waals surface area (Å²) in [6.45, 7) is 0.534. The van der Waals surface area contributed by atoms with Gasteiger partial charge in [0.1, 0.15) is 0 Å². The Balaban J connectivity index is 1.43. The quantitative estimate of drug-likeness (QED) is 0.486. The van der Waals surface area contributed by atoms with E-state index < -0.39 is 0 Å². The van der Waals surface area contributed by atoms with Gasteiger partial charge in [0.15, 0.2) is 0 Å². The molecule has 14 heavy (non-hydrogen) atoms. The molecule has 0 aromatic heterocycles. The highest BCUT2D eigenvalue weighted by atomic mass is 16.3. The van der Waals surface area contributed by atoms with E-state index in [4.69, 9.17) is 0 Å². The molecule has 0 heterocycles. The van der Waals surface area contributed by atoms with Gasteiger partial charge in [-0.15, -0.1) is 0 Å². The summed E-state index contributed by atoms with van der Waals surface area (Å²) in [7, 11) is 0. The van der Waals surface area contributed by atoms with E-state index in [1.807, 2.05) is 0 Å². The largest absolute Gasteiger partial charge is 0.151 e. The van der Waals surface area contributed by atoms with Crippen LogP contribution < -0.4 is 0 Å². The van der Waals surface area contributed by atoms with E-state index in [1.165, 1.54) is 32.1 Å². The summed E-state index contributed by atoms with van der Waals surface area (Å²) in [5, 5.41) is 2.92. The van der Waals surface area contributed by atoms with Gasteiger partial charge in [-0.25, -0.2) is 0 Å². The van der Waals surface area contributed by atoms with E-state index >= 15 is 0 Å². The molecule has 4 unspecified atom stereocenters. The number of rotatable bonds is 5. The number of unbranched alkanes of at least 4 members (excludes halogenated alkanes) is 1. The fraction of sp³-hybridized carbons (Fsp3) is 1.00. The maximum atomic E-state index is 9.92. The fourth-order valence-electron chi connectivity index (χ4n) is 4.71. The number of nitroso groups, excluding NO2 is 1. The molecule has 2 heteroatoms. The maximum absolute atomic E-state index is 9.92. The monoisotopic (exact) mass is 193 g/mol. The Kier molecular flexibility index (Phi) is 1.93. The fourth-order valence-corrected chi connectivity index (χ4v) is 4.71. The highest BCUT2D eigenvalue weighted by Gasteiger charge is 2.67. The highest BCUT2D eigenvalue weighted by Crippen LogP contribution is 2.76. The van der Waals surface area contributed by atoms with E-state index in [0.29, 0.717) is 6.54 Å². The molecule has 0 aromatic rings. The second-order valence-electron chi connectivity index (χ2n) is 5.70. The van der Waals surface area contributed by atoms with Crippen molar-refractivity contribution in [2.45, 2.75) is 44.9 Å². The van der Waals surface area contributed by atoms with Gasteiger partial charge in [0.25, 0.3) is 0 Å². The Labute approximate surface area is 85.4 Å². The van der Waals surface area contributed by atoms with Gasteiger partial charge in [-0.05, 0) is 55.3 Å². The average Bonchev–Trinajstić information content (AvgIpc) is 2.67. The van der Waals surface area contributed by atoms with E-state index in [0.717, 1.165) is 29.6 Å². The lowest BCUT2D eigenvalue weighted by Crippen LogP contribution is -2.55. The second kappa shape index (κ2) is 3.04. The zero-order valence-corrected chi connectivity index (χ0v) is 8.74. The molecule has 0 N–H and O–H groups in total. The lowest BCUT2D eigenvalue weighted by atomic mass is 9.42. The van der Waals surface area contributed by atoms with Crippen LogP contribution in [0.1, 0.15) is 44.9 Å². The molecule has 0 aliphatic heterocycles. The molecular weight excluding hydrogens is 174 g/mol. The minimum atomic E-state index is 0.534. The third kappa shape index (κ3) is 1.03. The van der Waals surface area contributed by atoms with Crippen LogP contribution in [0.5, 0.6) is 0 Å². The molecule has 0 amide bonds. The van der Waals surface area contributed by atoms with Crippen molar-refractivity contribution < 1.29 is 0 Å². The highest BCUT2D eigenvalue weighted by molar-refractivity contribution is 5.17. The van der Waals surface area contributed by atoms with Gasteiger partial charge < -0.3 is 0 Å². The molecule has 4 saturated carbocycles. The molecule has 0 saturated heterocycles. The van der Waals surface area contributed by atoms with Crippen molar-refractivity contribution >= 4 is 0 Å². The molecule has 4 aliphatic rings. The predicted octanol–water partition coefficient (Wildman–Crippen LogP) is 3.36. The molecule has 2 nitrogen and oxygen atoms in total. The van der Waals surface area contributed by atoms with Crippen LogP contribution in [0, 0.1) is 28.1 Å². The summed E-state index contributed by atoms with van der Waals surface area (Å²) in [6, 6.07) is 0. The van der Waals surface area contributed by atoms with Crippen molar-refractivity contribution in [3.63, 3.8) is 0 Å². The normalized spacial score (nSPS) is 47.9. The topological polar surface area (TPSA) is 29.4 Å². The summed E-state index contributed by atoms with van der Waals surface area (Å²) < 4.78 is 0. The predicted molar refractivity (Wildman–Crippen MR) is 55.9 cm³/mol. The third-order valence-corrected chi connectivity index (χ3v) is 5.15. The van der Waals surface area contributed by atoms with Crippen molar-refractivity contribution in [3.05, 3.63) is 4.91 Å². The third-order valence-electron chi connectivity index (χ3n) is 5.15. The number of fused-ring (bicyclic) bond motifs is 1. The average molecular weight is 193 g/mol. The van der Waals surface area contributed by atoms with Crippen LogP contribution in [-0.2, 0) is 0 Å². The van der Waals surface area contributed by atoms with Crippen molar-refractivity contribution in [1.29, 1.82) is 0 Å². The molecule has 4 rings (SSSR count). The molecule has 4 aliphatic carbocycles. The summed E-state index contributed by atoms with van der Waals surface area (Å²) in [5.41, 5.74) is 0.859. The van der Waals surface area contributed by atoms with Crippen molar-refractivity contribution in [2.75, 3.05) is 6.54 Å². The number of hydrogen-bond acceptors (Lipinski definition) is 2. The second-order valence-corrected chi connectivity index (χ2v) is 5.70. The van der Waals surface area contributed by atoms with Crippen LogP contribution in [0.4, 0.5) is 0 Å². The SMILES string of the molecule is O=NCCCCC1CC23CCC(C2)C13. The van der Waals surface area contributed by atoms with E-state index in [-0.39, 0.29) is 0 Å². The zero-order chi connectivity index (χ0) is 9.60. The summed E-state index contributed by atoms with van der Waals surface area (Å²) in [6.07, 6.45) is 9.76. The van der Waals surface area contributed by atoms with Crippen molar-refractivity contribution in [1.82, 2.24) is 0 Å². The van der Waals surface area contributed by atoms with Crippen molar-refractivity contribution in [3.8, 4) is 0 Å². The Bertz CT molecular complexity index is 249. The molecule has 4 fully saturated rings. The van der Waals surface area contributed by atoms with Crippen LogP contribution in [0.15, 0.2) is 5.18 Å². The van der Waals surface area contributed by atoms with Crippen LogP contribution in [0.25, 0.3) is 0 Å². The first kappa shape index (κ1) is 8.87. The number of hydrogen-bond donors (Lipinski definition) is 0. The minimum Gasteiger partial charge on any atom is -0.151 e. The number of nitrogens with zero attached hydrogens (tertiary/aromatic N) is 1. The minimum absolute atomic E-state index is 0.534. The van der Waals surface area contributed by atoms with Gasteiger partial charge in [0, 0.05) is 0 Å². The Hall–Kier alpha value is -0.400. The summed E-state index contributed by atoms with van der Waals surface area (Å²) in [5.74, 6) is 3.26. The van der Waals surface area contributed by atoms with Crippen molar-refractivity contribution in [2.24, 2.45) is 28.3 Å². The van der Waals surface area contributed by atoms with Crippen LogP contribution in [0.2, 0.25) is 0 Å². The molecule has 1 spiro atoms. The van der Waals surface area contributed by atoms with E-state index in [9.17, 15) is 4.91 Å². The van der Waals surface area contributed by atoms with Gasteiger partial charge in [-0.1, -0.05) is 18.0 Å². The smallest absolute Gasteiger partial charge is 0.0811 e. The van der Waals surface area contributed by atoms with E-state index in [1.54, 1.807) is 6.42 Å². The molecule has 4 atom stereocenters. The van der Waals surface area contributed by atoms with Crippen LogP contribution in [0.3, 0.4) is 0 Å². The zero-order valence-electron chi connectivity index (χ0n) is 8.74. The first-order valence-electron chi connectivity index (χ1n) is 6.15. The van der Waals surface area contributed by atoms with Crippen LogP contribution >= 0.6 is 0 Å². The van der Waals surface area contributed by atoms with Crippen LogP contribution in [-0.4, -0.2) is 6.54 Å². The molecule has 0 aromatic carbocycles. The molecular formula is C12H19NO. The van der Waals surface area contributed by atoms with Gasteiger partial charge in [-0.2, -0.15) is 4.91 Å². The lowest BCUT2D eigenvalue weighted by molar-refractivity contribution is -0.135. The molecule has 2 bridgehead atoms. The van der Waals surface area contributed by atoms with E-state index in [2.05, 4.69) is 5.18 Å². The standard InChI is InChI=1S/C12H19NO/c14-13-6-2-1-3-9-7-12-5-4-10(8-12)11(9)12/h9-11H,1-8H2.